The van der Waals surface area contributed by atoms with Crippen molar-refractivity contribution in [1.82, 2.24) is 25.6 Å². The zero-order chi connectivity index (χ0) is 20.0. The summed E-state index contributed by atoms with van der Waals surface area (Å²) in [5, 5.41) is 8.91. The molecular weight excluding hydrogens is 384 g/mol. The minimum atomic E-state index is -0.230. The van der Waals surface area contributed by atoms with Crippen LogP contribution >= 0.6 is 12.2 Å². The maximum Gasteiger partial charge on any atom is 0.270 e. The molecule has 3 N–H and O–H groups in total. The minimum absolute atomic E-state index is 0.230. The van der Waals surface area contributed by atoms with Gasteiger partial charge in [0.1, 0.15) is 0 Å². The molecule has 2 fully saturated rings. The molecule has 3 aromatic rings. The Morgan fingerprint density at radius 1 is 1.10 bits per heavy atom. The summed E-state index contributed by atoms with van der Waals surface area (Å²) in [5.74, 6) is 0.637. The van der Waals surface area contributed by atoms with Crippen LogP contribution < -0.4 is 16.2 Å². The van der Waals surface area contributed by atoms with Gasteiger partial charge in [0.25, 0.3) is 5.91 Å². The van der Waals surface area contributed by atoms with E-state index in [1.807, 2.05) is 43.4 Å². The highest BCUT2D eigenvalue weighted by atomic mass is 32.1. The third kappa shape index (κ3) is 3.67. The lowest BCUT2D eigenvalue weighted by Gasteiger charge is -2.13. The molecule has 0 radical (unpaired) electrons. The maximum absolute atomic E-state index is 13.1. The van der Waals surface area contributed by atoms with Gasteiger partial charge in [-0.3, -0.25) is 20.3 Å². The first-order chi connectivity index (χ1) is 14.1. The number of hydrogen-bond acceptors (Lipinski definition) is 4. The number of amides is 1. The van der Waals surface area contributed by atoms with Crippen molar-refractivity contribution in [3.05, 3.63) is 53.3 Å². The van der Waals surface area contributed by atoms with E-state index < -0.39 is 0 Å². The average molecular weight is 407 g/mol. The van der Waals surface area contributed by atoms with Crippen LogP contribution in [0, 0.1) is 0 Å². The van der Waals surface area contributed by atoms with Gasteiger partial charge >= 0.3 is 0 Å². The topological polar surface area (TPSA) is 83.9 Å². The van der Waals surface area contributed by atoms with Crippen LogP contribution in [-0.4, -0.2) is 25.8 Å². The molecule has 29 heavy (non-hydrogen) atoms. The number of benzene rings is 1. The first-order valence-electron chi connectivity index (χ1n) is 9.90. The van der Waals surface area contributed by atoms with Crippen molar-refractivity contribution in [1.29, 1.82) is 0 Å². The second-order valence-electron chi connectivity index (χ2n) is 7.75. The van der Waals surface area contributed by atoms with Gasteiger partial charge in [0, 0.05) is 30.3 Å². The Morgan fingerprint density at radius 3 is 2.52 bits per heavy atom. The van der Waals surface area contributed by atoms with Crippen molar-refractivity contribution >= 4 is 40.0 Å². The van der Waals surface area contributed by atoms with Crippen LogP contribution in [0.3, 0.4) is 0 Å². The maximum atomic E-state index is 13.1. The van der Waals surface area contributed by atoms with E-state index in [1.165, 1.54) is 0 Å². The summed E-state index contributed by atoms with van der Waals surface area (Å²) in [4.78, 5) is 17.9. The van der Waals surface area contributed by atoms with Gasteiger partial charge in [0.15, 0.2) is 10.8 Å². The molecule has 8 heteroatoms. The molecule has 1 amide bonds. The second kappa shape index (κ2) is 7.11. The van der Waals surface area contributed by atoms with Crippen LogP contribution in [-0.2, 0) is 7.05 Å². The predicted molar refractivity (Wildman–Crippen MR) is 116 cm³/mol. The number of para-hydroxylation sites is 1. The van der Waals surface area contributed by atoms with Crippen LogP contribution in [0.1, 0.15) is 59.3 Å². The van der Waals surface area contributed by atoms with Gasteiger partial charge in [-0.05, 0) is 56.1 Å². The molecule has 0 spiro atoms. The van der Waals surface area contributed by atoms with E-state index in [9.17, 15) is 4.79 Å². The summed E-state index contributed by atoms with van der Waals surface area (Å²) in [5.41, 5.74) is 9.74. The SMILES string of the molecule is Cn1nc(C2CC2)c2c(C(=O)NNC(=S)Nc3ccccc3)cc(C3CC3)nc21. The van der Waals surface area contributed by atoms with Crippen molar-refractivity contribution in [2.24, 2.45) is 7.05 Å². The normalized spacial score (nSPS) is 15.9. The van der Waals surface area contributed by atoms with Crippen molar-refractivity contribution in [3.8, 4) is 0 Å². The monoisotopic (exact) mass is 406 g/mol. The molecule has 2 aliphatic rings. The van der Waals surface area contributed by atoms with Gasteiger partial charge in [-0.15, -0.1) is 0 Å². The third-order valence-electron chi connectivity index (χ3n) is 5.37. The number of hydrogen-bond donors (Lipinski definition) is 3. The molecule has 1 aromatic carbocycles. The van der Waals surface area contributed by atoms with Gasteiger partial charge in [0.2, 0.25) is 0 Å². The number of nitrogens with zero attached hydrogens (tertiary/aromatic N) is 3. The van der Waals surface area contributed by atoms with Gasteiger partial charge in [-0.25, -0.2) is 4.98 Å². The first kappa shape index (κ1) is 18.1. The molecule has 0 bridgehead atoms. The van der Waals surface area contributed by atoms with E-state index in [2.05, 4.69) is 21.3 Å². The standard InChI is InChI=1S/C21H22N6OS/c1-27-19-17(18(26-27)13-9-10-13)15(11-16(23-19)12-7-8-12)20(28)24-25-21(29)22-14-5-3-2-4-6-14/h2-6,11-13H,7-10H2,1H3,(H,24,28)(H2,22,25,29). The summed E-state index contributed by atoms with van der Waals surface area (Å²) < 4.78 is 1.81. The Balaban J connectivity index is 1.41. The van der Waals surface area contributed by atoms with Crippen LogP contribution in [0.2, 0.25) is 0 Å². The van der Waals surface area contributed by atoms with Crippen molar-refractivity contribution in [2.75, 3.05) is 5.32 Å². The molecule has 5 rings (SSSR count). The number of aryl methyl sites for hydroxylation is 1. The molecule has 148 valence electrons. The van der Waals surface area contributed by atoms with Gasteiger partial charge in [0.05, 0.1) is 16.6 Å². The van der Waals surface area contributed by atoms with Crippen molar-refractivity contribution in [3.63, 3.8) is 0 Å². The fourth-order valence-corrected chi connectivity index (χ4v) is 3.74. The summed E-state index contributed by atoms with van der Waals surface area (Å²) in [6, 6.07) is 11.5. The molecule has 0 unspecified atom stereocenters. The summed E-state index contributed by atoms with van der Waals surface area (Å²) in [6.07, 6.45) is 4.47. The number of pyridine rings is 1. The number of rotatable bonds is 4. The zero-order valence-corrected chi connectivity index (χ0v) is 16.9. The minimum Gasteiger partial charge on any atom is -0.331 e. The lowest BCUT2D eigenvalue weighted by Crippen LogP contribution is -2.43. The van der Waals surface area contributed by atoms with E-state index in [0.717, 1.165) is 53.8 Å². The van der Waals surface area contributed by atoms with Gasteiger partial charge in [-0.1, -0.05) is 18.2 Å². The molecule has 7 nitrogen and oxygen atoms in total. The Bertz CT molecular complexity index is 1100. The predicted octanol–water partition coefficient (Wildman–Crippen LogP) is 3.35. The second-order valence-corrected chi connectivity index (χ2v) is 8.16. The van der Waals surface area contributed by atoms with Crippen molar-refractivity contribution in [2.45, 2.75) is 37.5 Å². The molecule has 2 aromatic heterocycles. The zero-order valence-electron chi connectivity index (χ0n) is 16.1. The quantitative estimate of drug-likeness (QED) is 0.455. The Hall–Kier alpha value is -3.00. The Labute approximate surface area is 173 Å². The fourth-order valence-electron chi connectivity index (χ4n) is 3.57. The Morgan fingerprint density at radius 2 is 1.83 bits per heavy atom. The van der Waals surface area contributed by atoms with Crippen LogP contribution in [0.25, 0.3) is 11.0 Å². The van der Waals surface area contributed by atoms with E-state index >= 15 is 0 Å². The number of carbonyl (C=O) groups is 1. The molecule has 0 atom stereocenters. The first-order valence-corrected chi connectivity index (χ1v) is 10.3. The Kier molecular flexibility index (Phi) is 4.43. The van der Waals surface area contributed by atoms with E-state index in [0.29, 0.717) is 22.5 Å². The van der Waals surface area contributed by atoms with E-state index in [4.69, 9.17) is 17.2 Å². The molecule has 2 saturated carbocycles. The molecule has 0 aliphatic heterocycles. The highest BCUT2D eigenvalue weighted by Gasteiger charge is 2.33. The number of nitrogens with one attached hydrogen (secondary N) is 3. The van der Waals surface area contributed by atoms with Crippen LogP contribution in [0.4, 0.5) is 5.69 Å². The third-order valence-corrected chi connectivity index (χ3v) is 5.57. The highest BCUT2D eigenvalue weighted by Crippen LogP contribution is 2.45. The van der Waals surface area contributed by atoms with Crippen LogP contribution in [0.5, 0.6) is 0 Å². The van der Waals surface area contributed by atoms with Gasteiger partial charge in [-0.2, -0.15) is 5.10 Å². The number of thiocarbonyl (C=S) groups is 1. The number of fused-ring (bicyclic) bond motifs is 1. The smallest absolute Gasteiger partial charge is 0.270 e. The van der Waals surface area contributed by atoms with E-state index in [1.54, 1.807) is 4.68 Å². The number of aromatic nitrogens is 3. The number of anilines is 1. The summed E-state index contributed by atoms with van der Waals surface area (Å²) in [6.45, 7) is 0. The molecule has 2 heterocycles. The lowest BCUT2D eigenvalue weighted by atomic mass is 10.1. The van der Waals surface area contributed by atoms with Crippen LogP contribution in [0.15, 0.2) is 36.4 Å². The number of carbonyl (C=O) groups excluding carboxylic acids is 1. The summed E-state index contributed by atoms with van der Waals surface area (Å²) in [7, 11) is 1.90. The van der Waals surface area contributed by atoms with Gasteiger partial charge < -0.3 is 5.32 Å². The fraction of sp³-hybridized carbons (Fsp3) is 0.333. The van der Waals surface area contributed by atoms with Crippen molar-refractivity contribution < 1.29 is 4.79 Å². The average Bonchev–Trinajstić information content (AvgIpc) is 3.64. The largest absolute Gasteiger partial charge is 0.331 e. The summed E-state index contributed by atoms with van der Waals surface area (Å²) >= 11 is 5.29. The highest BCUT2D eigenvalue weighted by molar-refractivity contribution is 7.80. The number of hydrazine groups is 1. The molecular formula is C21H22N6OS. The molecule has 0 saturated heterocycles. The lowest BCUT2D eigenvalue weighted by molar-refractivity contribution is 0.0945. The van der Waals surface area contributed by atoms with E-state index in [-0.39, 0.29) is 5.91 Å². The molecule has 2 aliphatic carbocycles.